The second kappa shape index (κ2) is 8.43. The number of nitrogens with one attached hydrogen (secondary N) is 1. The second-order valence-corrected chi connectivity index (χ2v) is 6.71. The number of halogens is 1. The van der Waals surface area contributed by atoms with Gasteiger partial charge in [0.2, 0.25) is 5.75 Å². The van der Waals surface area contributed by atoms with Crippen molar-refractivity contribution in [1.29, 1.82) is 0 Å². The number of hydrogen-bond donors (Lipinski definition) is 1. The fourth-order valence-corrected chi connectivity index (χ4v) is 3.20. The van der Waals surface area contributed by atoms with Crippen molar-refractivity contribution in [2.24, 2.45) is 0 Å². The molecule has 136 valence electrons. The van der Waals surface area contributed by atoms with Gasteiger partial charge in [0.1, 0.15) is 5.75 Å². The number of benzene rings is 1. The first-order valence-corrected chi connectivity index (χ1v) is 9.04. The minimum atomic E-state index is 0.377. The predicted octanol–water partition coefficient (Wildman–Crippen LogP) is 6.06. The molecular formula is C20H27ClN2O2. The van der Waals surface area contributed by atoms with Gasteiger partial charge in [0.05, 0.1) is 12.8 Å². The van der Waals surface area contributed by atoms with Gasteiger partial charge in [-0.05, 0) is 62.9 Å². The van der Waals surface area contributed by atoms with Crippen molar-refractivity contribution in [2.45, 2.75) is 53.5 Å². The van der Waals surface area contributed by atoms with E-state index in [1.807, 2.05) is 39.0 Å². The van der Waals surface area contributed by atoms with Crippen molar-refractivity contribution in [3.8, 4) is 17.4 Å². The van der Waals surface area contributed by atoms with Crippen molar-refractivity contribution in [1.82, 2.24) is 4.98 Å². The summed E-state index contributed by atoms with van der Waals surface area (Å²) < 4.78 is 11.8. The number of aromatic nitrogens is 1. The smallest absolute Gasteiger partial charge is 0.265 e. The fourth-order valence-electron chi connectivity index (χ4n) is 2.87. The number of pyridine rings is 1. The molecule has 0 aliphatic heterocycles. The van der Waals surface area contributed by atoms with Crippen LogP contribution in [-0.4, -0.2) is 18.1 Å². The lowest BCUT2D eigenvalue weighted by Crippen LogP contribution is -2.18. The molecule has 0 atom stereocenters. The largest absolute Gasteiger partial charge is 0.490 e. The lowest BCUT2D eigenvalue weighted by Gasteiger charge is -2.21. The third-order valence-electron chi connectivity index (χ3n) is 4.24. The Morgan fingerprint density at radius 1 is 1.04 bits per heavy atom. The van der Waals surface area contributed by atoms with E-state index < -0.39 is 0 Å². The zero-order chi connectivity index (χ0) is 18.6. The van der Waals surface area contributed by atoms with E-state index in [2.05, 4.69) is 24.1 Å². The molecule has 0 spiro atoms. The molecule has 0 saturated carbocycles. The Hall–Kier alpha value is -1.94. The Labute approximate surface area is 155 Å². The molecule has 25 heavy (non-hydrogen) atoms. The molecule has 0 fully saturated rings. The summed E-state index contributed by atoms with van der Waals surface area (Å²) in [6, 6.07) is 6.14. The predicted molar refractivity (Wildman–Crippen MR) is 105 cm³/mol. The van der Waals surface area contributed by atoms with Crippen LogP contribution in [0, 0.1) is 20.8 Å². The molecule has 4 nitrogen and oxygen atoms in total. The van der Waals surface area contributed by atoms with E-state index in [1.54, 1.807) is 7.11 Å². The van der Waals surface area contributed by atoms with Gasteiger partial charge in [-0.2, -0.15) is 0 Å². The zero-order valence-electron chi connectivity index (χ0n) is 15.9. The van der Waals surface area contributed by atoms with Crippen LogP contribution in [0.3, 0.4) is 0 Å². The Balaban J connectivity index is 2.46. The summed E-state index contributed by atoms with van der Waals surface area (Å²) in [5, 5.41) is 4.23. The van der Waals surface area contributed by atoms with Gasteiger partial charge in [-0.1, -0.05) is 25.4 Å². The summed E-state index contributed by atoms with van der Waals surface area (Å²) in [5.41, 5.74) is 3.70. The molecule has 1 heterocycles. The molecule has 0 amide bonds. The molecule has 0 aliphatic rings. The van der Waals surface area contributed by atoms with Crippen LogP contribution in [0.25, 0.3) is 0 Å². The minimum Gasteiger partial charge on any atom is -0.490 e. The Bertz CT molecular complexity index is 720. The van der Waals surface area contributed by atoms with E-state index in [1.165, 1.54) is 0 Å². The third-order valence-corrected chi connectivity index (χ3v) is 4.46. The molecule has 2 rings (SSSR count). The Morgan fingerprint density at radius 2 is 1.64 bits per heavy atom. The van der Waals surface area contributed by atoms with Crippen LogP contribution in [-0.2, 0) is 0 Å². The number of anilines is 1. The van der Waals surface area contributed by atoms with Crippen molar-refractivity contribution in [2.75, 3.05) is 12.4 Å². The molecule has 0 aliphatic carbocycles. The maximum atomic E-state index is 6.15. The maximum absolute atomic E-state index is 6.15. The highest BCUT2D eigenvalue weighted by molar-refractivity contribution is 6.30. The van der Waals surface area contributed by atoms with E-state index in [0.717, 1.165) is 41.1 Å². The van der Waals surface area contributed by atoms with Gasteiger partial charge in [-0.3, -0.25) is 0 Å². The number of aryl methyl sites for hydroxylation is 3. The minimum absolute atomic E-state index is 0.377. The number of ether oxygens (including phenoxy) is 2. The monoisotopic (exact) mass is 362 g/mol. The second-order valence-electron chi connectivity index (χ2n) is 6.28. The molecule has 0 bridgehead atoms. The highest BCUT2D eigenvalue weighted by Crippen LogP contribution is 2.39. The molecule has 2 aromatic rings. The number of rotatable bonds is 7. The summed E-state index contributed by atoms with van der Waals surface area (Å²) in [6.07, 6.45) is 2.07. The van der Waals surface area contributed by atoms with Crippen molar-refractivity contribution in [3.05, 3.63) is 40.0 Å². The van der Waals surface area contributed by atoms with Crippen LogP contribution >= 0.6 is 11.6 Å². The molecule has 0 radical (unpaired) electrons. The van der Waals surface area contributed by atoms with Gasteiger partial charge < -0.3 is 14.8 Å². The highest BCUT2D eigenvalue weighted by atomic mass is 35.5. The first-order chi connectivity index (χ1) is 11.9. The zero-order valence-corrected chi connectivity index (χ0v) is 16.6. The van der Waals surface area contributed by atoms with E-state index >= 15 is 0 Å². The summed E-state index contributed by atoms with van der Waals surface area (Å²) in [4.78, 5) is 4.54. The Kier molecular flexibility index (Phi) is 6.54. The van der Waals surface area contributed by atoms with Gasteiger partial charge in [0, 0.05) is 16.8 Å². The molecule has 0 saturated heterocycles. The molecule has 5 heteroatoms. The molecule has 0 unspecified atom stereocenters. The number of hydrogen-bond acceptors (Lipinski definition) is 4. The Morgan fingerprint density at radius 3 is 2.16 bits per heavy atom. The standard InChI is InChI=1S/C20H27ClN2O2/c1-7-16(8-2)23-17-11-14(5)22-20(19(17)24-6)25-18-12(3)9-15(21)10-13(18)4/h9-11,16H,7-8H2,1-6H3,(H,22,23). The van der Waals surface area contributed by atoms with Gasteiger partial charge in [0.15, 0.2) is 0 Å². The van der Waals surface area contributed by atoms with Crippen LogP contribution in [0.15, 0.2) is 18.2 Å². The maximum Gasteiger partial charge on any atom is 0.265 e. The van der Waals surface area contributed by atoms with Crippen LogP contribution in [0.1, 0.15) is 43.5 Å². The molecular weight excluding hydrogens is 336 g/mol. The van der Waals surface area contributed by atoms with Gasteiger partial charge in [0.25, 0.3) is 5.88 Å². The van der Waals surface area contributed by atoms with Crippen molar-refractivity contribution < 1.29 is 9.47 Å². The quantitative estimate of drug-likeness (QED) is 0.649. The van der Waals surface area contributed by atoms with Crippen molar-refractivity contribution in [3.63, 3.8) is 0 Å². The van der Waals surface area contributed by atoms with Crippen LogP contribution in [0.4, 0.5) is 5.69 Å². The fraction of sp³-hybridized carbons (Fsp3) is 0.450. The summed E-state index contributed by atoms with van der Waals surface area (Å²) in [5.74, 6) is 1.84. The third kappa shape index (κ3) is 4.57. The van der Waals surface area contributed by atoms with Gasteiger partial charge in [-0.25, -0.2) is 4.98 Å². The van der Waals surface area contributed by atoms with E-state index in [9.17, 15) is 0 Å². The SMILES string of the molecule is CCC(CC)Nc1cc(C)nc(Oc2c(C)cc(Cl)cc2C)c1OC. The molecule has 1 aromatic carbocycles. The van der Waals surface area contributed by atoms with E-state index in [4.69, 9.17) is 21.1 Å². The average molecular weight is 363 g/mol. The van der Waals surface area contributed by atoms with Crippen molar-refractivity contribution >= 4 is 17.3 Å². The van der Waals surface area contributed by atoms with Crippen LogP contribution < -0.4 is 14.8 Å². The average Bonchev–Trinajstić information content (AvgIpc) is 2.55. The van der Waals surface area contributed by atoms with Gasteiger partial charge >= 0.3 is 0 Å². The number of nitrogens with zero attached hydrogens (tertiary/aromatic N) is 1. The summed E-state index contributed by atoms with van der Waals surface area (Å²) >= 11 is 6.12. The van der Waals surface area contributed by atoms with E-state index in [-0.39, 0.29) is 0 Å². The number of methoxy groups -OCH3 is 1. The van der Waals surface area contributed by atoms with Crippen LogP contribution in [0.2, 0.25) is 5.02 Å². The summed E-state index contributed by atoms with van der Waals surface area (Å²) in [6.45, 7) is 10.2. The first kappa shape index (κ1) is 19.4. The topological polar surface area (TPSA) is 43.4 Å². The molecule has 1 N–H and O–H groups in total. The van der Waals surface area contributed by atoms with Gasteiger partial charge in [-0.15, -0.1) is 0 Å². The van der Waals surface area contributed by atoms with Crippen LogP contribution in [0.5, 0.6) is 17.4 Å². The normalized spacial score (nSPS) is 10.9. The first-order valence-electron chi connectivity index (χ1n) is 8.66. The van der Waals surface area contributed by atoms with E-state index in [0.29, 0.717) is 22.7 Å². The lowest BCUT2D eigenvalue weighted by molar-refractivity contribution is 0.368. The highest BCUT2D eigenvalue weighted by Gasteiger charge is 2.18. The lowest BCUT2D eigenvalue weighted by atomic mass is 10.1. The molecule has 1 aromatic heterocycles. The summed E-state index contributed by atoms with van der Waals surface area (Å²) in [7, 11) is 1.64.